The van der Waals surface area contributed by atoms with E-state index in [1.54, 1.807) is 28.4 Å². The van der Waals surface area contributed by atoms with E-state index in [1.165, 1.54) is 0 Å². The summed E-state index contributed by atoms with van der Waals surface area (Å²) in [6, 6.07) is 11.2. The van der Waals surface area contributed by atoms with E-state index in [2.05, 4.69) is 16.0 Å². The number of aromatic nitrogens is 2. The minimum atomic E-state index is -0.313. The van der Waals surface area contributed by atoms with Gasteiger partial charge in [0.05, 0.1) is 10.7 Å². The third-order valence-corrected chi connectivity index (χ3v) is 5.21. The first-order chi connectivity index (χ1) is 11.7. The van der Waals surface area contributed by atoms with Crippen molar-refractivity contribution in [3.05, 3.63) is 53.2 Å². The molecule has 1 amide bonds. The molecule has 6 heteroatoms. The Balaban J connectivity index is 1.58. The summed E-state index contributed by atoms with van der Waals surface area (Å²) in [7, 11) is 0. The number of amides is 1. The quantitative estimate of drug-likeness (QED) is 0.697. The van der Waals surface area contributed by atoms with E-state index in [0.29, 0.717) is 12.3 Å². The largest absolute Gasteiger partial charge is 0.415 e. The monoisotopic (exact) mass is 339 g/mol. The second-order valence-electron chi connectivity index (χ2n) is 5.92. The molecule has 0 saturated carbocycles. The van der Waals surface area contributed by atoms with Gasteiger partial charge in [-0.1, -0.05) is 18.2 Å². The topological polar surface area (TPSA) is 55.3 Å². The maximum absolute atomic E-state index is 12.5. The van der Waals surface area contributed by atoms with Gasteiger partial charge in [-0.3, -0.25) is 4.90 Å². The standard InChI is InChI=1S/C18H17N3O2S/c1-12-10-15-16(19-11-12)20-17(24-15)14-8-5-9-21(14)18(22)23-13-6-3-2-4-7-13/h2-4,6-7,10-11,14H,5,8-9H2,1H3/t14-/m1/s1. The SMILES string of the molecule is Cc1cnc2nc([C@H]3CCCN3C(=O)Oc3ccccc3)sc2c1. The lowest BCUT2D eigenvalue weighted by molar-refractivity contribution is 0.147. The average Bonchev–Trinajstić information content (AvgIpc) is 3.21. The van der Waals surface area contributed by atoms with Gasteiger partial charge in [0.15, 0.2) is 5.65 Å². The Morgan fingerprint density at radius 1 is 1.33 bits per heavy atom. The molecule has 0 aliphatic carbocycles. The fourth-order valence-electron chi connectivity index (χ4n) is 2.97. The second kappa shape index (κ2) is 6.20. The molecule has 122 valence electrons. The van der Waals surface area contributed by atoms with E-state index in [4.69, 9.17) is 4.74 Å². The van der Waals surface area contributed by atoms with E-state index in [0.717, 1.165) is 33.8 Å². The third kappa shape index (κ3) is 2.85. The fraction of sp³-hybridized carbons (Fsp3) is 0.278. The minimum Gasteiger partial charge on any atom is -0.410 e. The molecule has 1 aromatic carbocycles. The van der Waals surface area contributed by atoms with Crippen LogP contribution in [0.2, 0.25) is 0 Å². The number of likely N-dealkylation sites (tertiary alicyclic amines) is 1. The lowest BCUT2D eigenvalue weighted by Crippen LogP contribution is -2.33. The van der Waals surface area contributed by atoms with Gasteiger partial charge in [-0.15, -0.1) is 11.3 Å². The first-order valence-electron chi connectivity index (χ1n) is 7.97. The minimum absolute atomic E-state index is 0.0271. The smallest absolute Gasteiger partial charge is 0.410 e. The first-order valence-corrected chi connectivity index (χ1v) is 8.79. The van der Waals surface area contributed by atoms with Crippen molar-refractivity contribution in [2.75, 3.05) is 6.54 Å². The Morgan fingerprint density at radius 2 is 2.17 bits per heavy atom. The summed E-state index contributed by atoms with van der Waals surface area (Å²) in [6.45, 7) is 2.71. The number of benzene rings is 1. The van der Waals surface area contributed by atoms with Gasteiger partial charge < -0.3 is 4.74 Å². The van der Waals surface area contributed by atoms with Crippen molar-refractivity contribution in [2.45, 2.75) is 25.8 Å². The Hall–Kier alpha value is -2.47. The molecule has 1 saturated heterocycles. The van der Waals surface area contributed by atoms with Crippen LogP contribution in [-0.2, 0) is 0 Å². The highest BCUT2D eigenvalue weighted by Crippen LogP contribution is 2.36. The van der Waals surface area contributed by atoms with Crippen LogP contribution in [0.15, 0.2) is 42.6 Å². The number of rotatable bonds is 2. The molecule has 5 nitrogen and oxygen atoms in total. The van der Waals surface area contributed by atoms with Gasteiger partial charge >= 0.3 is 6.09 Å². The number of hydrogen-bond acceptors (Lipinski definition) is 5. The van der Waals surface area contributed by atoms with Crippen LogP contribution in [0.1, 0.15) is 29.5 Å². The van der Waals surface area contributed by atoms with E-state index in [9.17, 15) is 4.79 Å². The highest BCUT2D eigenvalue weighted by atomic mass is 32.1. The Kier molecular flexibility index (Phi) is 3.90. The van der Waals surface area contributed by atoms with Gasteiger partial charge in [0.1, 0.15) is 10.8 Å². The zero-order valence-electron chi connectivity index (χ0n) is 13.3. The molecule has 1 aliphatic rings. The average molecular weight is 339 g/mol. The van der Waals surface area contributed by atoms with Crippen molar-refractivity contribution in [1.82, 2.24) is 14.9 Å². The normalized spacial score (nSPS) is 17.4. The fourth-order valence-corrected chi connectivity index (χ4v) is 4.14. The van der Waals surface area contributed by atoms with Crippen LogP contribution < -0.4 is 4.74 Å². The number of nitrogens with zero attached hydrogens (tertiary/aromatic N) is 3. The van der Waals surface area contributed by atoms with Gasteiger partial charge in [0.25, 0.3) is 0 Å². The van der Waals surface area contributed by atoms with Crippen molar-refractivity contribution in [2.24, 2.45) is 0 Å². The predicted octanol–water partition coefficient (Wildman–Crippen LogP) is 4.34. The van der Waals surface area contributed by atoms with Gasteiger partial charge in [0.2, 0.25) is 0 Å². The molecule has 0 unspecified atom stereocenters. The van der Waals surface area contributed by atoms with Crippen molar-refractivity contribution in [1.29, 1.82) is 0 Å². The van der Waals surface area contributed by atoms with Crippen LogP contribution in [0.5, 0.6) is 5.75 Å². The molecule has 0 radical (unpaired) electrons. The molecule has 0 N–H and O–H groups in total. The van der Waals surface area contributed by atoms with Crippen LogP contribution in [0.4, 0.5) is 4.79 Å². The number of fused-ring (bicyclic) bond motifs is 1. The summed E-state index contributed by atoms with van der Waals surface area (Å²) in [5, 5.41) is 0.936. The lowest BCUT2D eigenvalue weighted by Gasteiger charge is -2.22. The van der Waals surface area contributed by atoms with Crippen LogP contribution >= 0.6 is 11.3 Å². The number of thiazole rings is 1. The molecule has 1 atom stereocenters. The molecule has 2 aromatic heterocycles. The molecular weight excluding hydrogens is 322 g/mol. The van der Waals surface area contributed by atoms with E-state index < -0.39 is 0 Å². The summed E-state index contributed by atoms with van der Waals surface area (Å²) in [4.78, 5) is 23.3. The van der Waals surface area contributed by atoms with Crippen LogP contribution in [0.25, 0.3) is 10.3 Å². The molecule has 0 spiro atoms. The van der Waals surface area contributed by atoms with Gasteiger partial charge in [-0.2, -0.15) is 0 Å². The summed E-state index contributed by atoms with van der Waals surface area (Å²) >= 11 is 1.61. The molecule has 1 aliphatic heterocycles. The molecule has 3 heterocycles. The van der Waals surface area contributed by atoms with E-state index in [1.807, 2.05) is 31.3 Å². The molecule has 4 rings (SSSR count). The number of pyridine rings is 1. The number of carbonyl (C=O) groups is 1. The van der Waals surface area contributed by atoms with Crippen LogP contribution in [-0.4, -0.2) is 27.5 Å². The maximum Gasteiger partial charge on any atom is 0.415 e. The molecule has 0 bridgehead atoms. The summed E-state index contributed by atoms with van der Waals surface area (Å²) < 4.78 is 6.55. The van der Waals surface area contributed by atoms with Crippen LogP contribution in [0, 0.1) is 6.92 Å². The zero-order valence-corrected chi connectivity index (χ0v) is 14.1. The lowest BCUT2D eigenvalue weighted by atomic mass is 10.2. The van der Waals surface area contributed by atoms with Gasteiger partial charge in [0, 0.05) is 12.7 Å². The van der Waals surface area contributed by atoms with Crippen molar-refractivity contribution >= 4 is 27.8 Å². The molecule has 1 fully saturated rings. The third-order valence-electron chi connectivity index (χ3n) is 4.12. The highest BCUT2D eigenvalue weighted by Gasteiger charge is 2.33. The van der Waals surface area contributed by atoms with Gasteiger partial charge in [-0.25, -0.2) is 14.8 Å². The number of para-hydroxylation sites is 1. The van der Waals surface area contributed by atoms with E-state index in [-0.39, 0.29) is 12.1 Å². The summed E-state index contributed by atoms with van der Waals surface area (Å²) in [5.74, 6) is 0.565. The summed E-state index contributed by atoms with van der Waals surface area (Å²) in [5.41, 5.74) is 1.87. The number of aryl methyl sites for hydroxylation is 1. The zero-order chi connectivity index (χ0) is 16.5. The summed E-state index contributed by atoms with van der Waals surface area (Å²) in [6.07, 6.45) is 3.37. The first kappa shape index (κ1) is 15.1. The molecule has 3 aromatic rings. The Bertz CT molecular complexity index is 878. The Morgan fingerprint density at radius 3 is 3.00 bits per heavy atom. The predicted molar refractivity (Wildman–Crippen MR) is 93.3 cm³/mol. The number of carbonyl (C=O) groups excluding carboxylic acids is 1. The second-order valence-corrected chi connectivity index (χ2v) is 6.98. The number of ether oxygens (including phenoxy) is 1. The maximum atomic E-state index is 12.5. The molecule has 24 heavy (non-hydrogen) atoms. The van der Waals surface area contributed by atoms with Crippen molar-refractivity contribution in [3.63, 3.8) is 0 Å². The van der Waals surface area contributed by atoms with Crippen molar-refractivity contribution < 1.29 is 9.53 Å². The van der Waals surface area contributed by atoms with E-state index >= 15 is 0 Å². The van der Waals surface area contributed by atoms with Crippen LogP contribution in [0.3, 0.4) is 0 Å². The highest BCUT2D eigenvalue weighted by molar-refractivity contribution is 7.18. The van der Waals surface area contributed by atoms with Gasteiger partial charge in [-0.05, 0) is 43.5 Å². The number of hydrogen-bond donors (Lipinski definition) is 0. The molecular formula is C18H17N3O2S. The van der Waals surface area contributed by atoms with Crippen molar-refractivity contribution in [3.8, 4) is 5.75 Å². The Labute approximate surface area is 143 Å².